The monoisotopic (exact) mass is 148 g/mol. The van der Waals surface area contributed by atoms with Gasteiger partial charge in [-0.3, -0.25) is 0 Å². The summed E-state index contributed by atoms with van der Waals surface area (Å²) in [6.45, 7) is 8.54. The Morgan fingerprint density at radius 3 is 1.78 bits per heavy atom. The number of rotatable bonds is 2. The van der Waals surface area contributed by atoms with Crippen molar-refractivity contribution in [3.8, 4) is 0 Å². The van der Waals surface area contributed by atoms with E-state index in [9.17, 15) is 0 Å². The standard InChI is InChI=1S/C4H6.C3H7ClO/c1-3-4-2;1-2-3(4)5/h3-4H,1-2H2;3,5H,2H2,1H3. The summed E-state index contributed by atoms with van der Waals surface area (Å²) in [7, 11) is 0. The van der Waals surface area contributed by atoms with Crippen LogP contribution in [-0.2, 0) is 0 Å². The van der Waals surface area contributed by atoms with Crippen molar-refractivity contribution in [3.05, 3.63) is 25.3 Å². The highest BCUT2D eigenvalue weighted by atomic mass is 35.5. The second kappa shape index (κ2) is 10.7. The van der Waals surface area contributed by atoms with E-state index in [1.54, 1.807) is 12.2 Å². The van der Waals surface area contributed by atoms with Gasteiger partial charge in [0.2, 0.25) is 0 Å². The molecule has 0 aliphatic heterocycles. The summed E-state index contributed by atoms with van der Waals surface area (Å²) in [6, 6.07) is 0. The Labute approximate surface area is 61.7 Å². The Morgan fingerprint density at radius 1 is 1.56 bits per heavy atom. The fraction of sp³-hybridized carbons (Fsp3) is 0.429. The first-order valence-corrected chi connectivity index (χ1v) is 3.18. The molecule has 0 radical (unpaired) electrons. The minimum atomic E-state index is -0.644. The number of hydrogen-bond donors (Lipinski definition) is 1. The number of halogens is 1. The molecule has 54 valence electrons. The van der Waals surface area contributed by atoms with Crippen LogP contribution in [0.1, 0.15) is 13.3 Å². The molecule has 0 aromatic heterocycles. The largest absolute Gasteiger partial charge is 0.378 e. The number of aliphatic hydroxyl groups excluding tert-OH is 1. The van der Waals surface area contributed by atoms with Gasteiger partial charge in [0.05, 0.1) is 0 Å². The molecule has 0 rings (SSSR count). The molecule has 1 N–H and O–H groups in total. The van der Waals surface area contributed by atoms with Crippen molar-refractivity contribution in [2.75, 3.05) is 0 Å². The van der Waals surface area contributed by atoms with Gasteiger partial charge in [0.1, 0.15) is 5.56 Å². The van der Waals surface area contributed by atoms with Gasteiger partial charge in [0.15, 0.2) is 0 Å². The summed E-state index contributed by atoms with van der Waals surface area (Å²) in [5.74, 6) is 0. The van der Waals surface area contributed by atoms with Crippen LogP contribution in [0.15, 0.2) is 25.3 Å². The Balaban J connectivity index is 0. The van der Waals surface area contributed by atoms with Crippen LogP contribution in [0.4, 0.5) is 0 Å². The SMILES string of the molecule is C=CC=C.CCC(O)Cl. The molecular weight excluding hydrogens is 136 g/mol. The molecule has 0 bridgehead atoms. The fourth-order valence-electron chi connectivity index (χ4n) is 0. The smallest absolute Gasteiger partial charge is 0.127 e. The van der Waals surface area contributed by atoms with Crippen molar-refractivity contribution in [1.29, 1.82) is 0 Å². The third kappa shape index (κ3) is 34.1. The van der Waals surface area contributed by atoms with E-state index >= 15 is 0 Å². The van der Waals surface area contributed by atoms with Gasteiger partial charge in [0.25, 0.3) is 0 Å². The van der Waals surface area contributed by atoms with Crippen molar-refractivity contribution in [1.82, 2.24) is 0 Å². The third-order valence-electron chi connectivity index (χ3n) is 0.504. The maximum absolute atomic E-state index is 8.13. The topological polar surface area (TPSA) is 20.2 Å². The van der Waals surface area contributed by atoms with E-state index in [-0.39, 0.29) is 0 Å². The van der Waals surface area contributed by atoms with Crippen molar-refractivity contribution in [3.63, 3.8) is 0 Å². The lowest BCUT2D eigenvalue weighted by molar-refractivity contribution is 0.252. The molecule has 9 heavy (non-hydrogen) atoms. The van der Waals surface area contributed by atoms with Crippen LogP contribution in [-0.4, -0.2) is 10.7 Å². The summed E-state index contributed by atoms with van der Waals surface area (Å²) in [5.41, 5.74) is -0.644. The molecule has 2 heteroatoms. The first kappa shape index (κ1) is 11.5. The van der Waals surface area contributed by atoms with E-state index in [4.69, 9.17) is 16.7 Å². The van der Waals surface area contributed by atoms with Crippen LogP contribution in [0.25, 0.3) is 0 Å². The zero-order valence-electron chi connectivity index (χ0n) is 5.68. The van der Waals surface area contributed by atoms with E-state index in [0.29, 0.717) is 6.42 Å². The van der Waals surface area contributed by atoms with Crippen LogP contribution >= 0.6 is 11.6 Å². The number of alkyl halides is 1. The van der Waals surface area contributed by atoms with Gasteiger partial charge in [-0.15, -0.1) is 0 Å². The van der Waals surface area contributed by atoms with Gasteiger partial charge in [-0.05, 0) is 6.42 Å². The average Bonchev–Trinajstić information content (AvgIpc) is 1.89. The molecular formula is C7H13ClO. The first-order chi connectivity index (χ1) is 4.18. The van der Waals surface area contributed by atoms with Crippen molar-refractivity contribution >= 4 is 11.6 Å². The molecule has 0 spiro atoms. The van der Waals surface area contributed by atoms with Crippen LogP contribution in [0.3, 0.4) is 0 Å². The highest BCUT2D eigenvalue weighted by Crippen LogP contribution is 1.91. The molecule has 0 saturated carbocycles. The Bertz CT molecular complexity index is 63.3. The number of hydrogen-bond acceptors (Lipinski definition) is 1. The highest BCUT2D eigenvalue weighted by molar-refractivity contribution is 6.19. The molecule has 1 atom stereocenters. The van der Waals surface area contributed by atoms with Gasteiger partial charge in [0, 0.05) is 0 Å². The zero-order valence-corrected chi connectivity index (χ0v) is 6.43. The van der Waals surface area contributed by atoms with Crippen LogP contribution in [0.5, 0.6) is 0 Å². The highest BCUT2D eigenvalue weighted by Gasteiger charge is 1.85. The Morgan fingerprint density at radius 2 is 1.78 bits per heavy atom. The van der Waals surface area contributed by atoms with Gasteiger partial charge >= 0.3 is 0 Å². The zero-order chi connectivity index (χ0) is 7.70. The van der Waals surface area contributed by atoms with Crippen molar-refractivity contribution < 1.29 is 5.11 Å². The molecule has 0 saturated heterocycles. The molecule has 1 unspecified atom stereocenters. The summed E-state index contributed by atoms with van der Waals surface area (Å²) in [5, 5.41) is 8.13. The van der Waals surface area contributed by atoms with Crippen molar-refractivity contribution in [2.24, 2.45) is 0 Å². The molecule has 0 fully saturated rings. The third-order valence-corrected chi connectivity index (χ3v) is 0.812. The van der Waals surface area contributed by atoms with E-state index in [2.05, 4.69) is 13.2 Å². The first-order valence-electron chi connectivity index (χ1n) is 2.74. The maximum Gasteiger partial charge on any atom is 0.127 e. The van der Waals surface area contributed by atoms with Gasteiger partial charge in [-0.2, -0.15) is 0 Å². The molecule has 0 heterocycles. The van der Waals surface area contributed by atoms with E-state index in [0.717, 1.165) is 0 Å². The molecule has 0 aromatic carbocycles. The number of allylic oxidation sites excluding steroid dienone is 2. The molecule has 0 aliphatic carbocycles. The van der Waals surface area contributed by atoms with E-state index < -0.39 is 5.56 Å². The molecule has 0 aromatic rings. The molecule has 0 aliphatic rings. The number of aliphatic hydroxyl groups is 1. The minimum Gasteiger partial charge on any atom is -0.378 e. The predicted octanol–water partition coefficient (Wildman–Crippen LogP) is 2.31. The Kier molecular flexibility index (Phi) is 13.6. The van der Waals surface area contributed by atoms with Gasteiger partial charge in [-0.25, -0.2) is 0 Å². The predicted molar refractivity (Wildman–Crippen MR) is 42.5 cm³/mol. The minimum absolute atomic E-state index is 0.627. The average molecular weight is 149 g/mol. The van der Waals surface area contributed by atoms with Gasteiger partial charge in [-0.1, -0.05) is 43.8 Å². The second-order valence-electron chi connectivity index (χ2n) is 1.31. The lowest BCUT2D eigenvalue weighted by Crippen LogP contribution is -1.88. The Hall–Kier alpha value is -0.270. The normalized spacial score (nSPS) is 10.6. The maximum atomic E-state index is 8.13. The van der Waals surface area contributed by atoms with E-state index in [1.807, 2.05) is 6.92 Å². The van der Waals surface area contributed by atoms with Crippen LogP contribution in [0.2, 0.25) is 0 Å². The molecule has 0 amide bonds. The quantitative estimate of drug-likeness (QED) is 0.471. The van der Waals surface area contributed by atoms with Crippen LogP contribution in [0, 0.1) is 0 Å². The molecule has 1 nitrogen and oxygen atoms in total. The summed E-state index contributed by atoms with van der Waals surface area (Å²) >= 11 is 5.02. The summed E-state index contributed by atoms with van der Waals surface area (Å²) in [4.78, 5) is 0. The lowest BCUT2D eigenvalue weighted by atomic mass is 10.5. The lowest BCUT2D eigenvalue weighted by Gasteiger charge is -1.87. The fourth-order valence-corrected chi connectivity index (χ4v) is 0. The van der Waals surface area contributed by atoms with Gasteiger partial charge < -0.3 is 5.11 Å². The summed E-state index contributed by atoms with van der Waals surface area (Å²) in [6.07, 6.45) is 3.90. The van der Waals surface area contributed by atoms with Crippen LogP contribution < -0.4 is 0 Å². The van der Waals surface area contributed by atoms with E-state index in [1.165, 1.54) is 0 Å². The summed E-state index contributed by atoms with van der Waals surface area (Å²) < 4.78 is 0. The second-order valence-corrected chi connectivity index (χ2v) is 1.82. The van der Waals surface area contributed by atoms with Crippen molar-refractivity contribution in [2.45, 2.75) is 18.9 Å².